The van der Waals surface area contributed by atoms with Gasteiger partial charge in [0.15, 0.2) is 4.34 Å². The minimum Gasteiger partial charge on any atom is -0.296 e. The topological polar surface area (TPSA) is 101 Å². The van der Waals surface area contributed by atoms with Crippen LogP contribution in [0.2, 0.25) is 0 Å². The third kappa shape index (κ3) is 5.34. The Morgan fingerprint density at radius 2 is 1.83 bits per heavy atom. The predicted octanol–water partition coefficient (Wildman–Crippen LogP) is 4.32. The lowest BCUT2D eigenvalue weighted by molar-refractivity contribution is 0.102. The number of carbonyl (C=O) groups excluding carboxylic acids is 1. The van der Waals surface area contributed by atoms with Crippen molar-refractivity contribution in [1.29, 1.82) is 0 Å². The first-order chi connectivity index (χ1) is 13.8. The Hall–Kier alpha value is -2.43. The van der Waals surface area contributed by atoms with Crippen LogP contribution in [-0.2, 0) is 10.0 Å². The van der Waals surface area contributed by atoms with Crippen LogP contribution in [0.3, 0.4) is 0 Å². The molecule has 7 nitrogen and oxygen atoms in total. The average Bonchev–Trinajstić information content (AvgIpc) is 3.11. The van der Waals surface area contributed by atoms with E-state index in [1.165, 1.54) is 11.3 Å². The van der Waals surface area contributed by atoms with E-state index < -0.39 is 10.0 Å². The normalized spacial score (nSPS) is 11.3. The maximum atomic E-state index is 12.7. The summed E-state index contributed by atoms with van der Waals surface area (Å²) in [5.74, 6) is 0.542. The van der Waals surface area contributed by atoms with E-state index in [1.807, 2.05) is 19.9 Å². The number of rotatable bonds is 7. The fourth-order valence-corrected chi connectivity index (χ4v) is 5.54. The Labute approximate surface area is 178 Å². The molecule has 2 N–H and O–H groups in total. The van der Waals surface area contributed by atoms with Gasteiger partial charge in [0.2, 0.25) is 5.13 Å². The first-order valence-corrected chi connectivity index (χ1v) is 12.0. The van der Waals surface area contributed by atoms with Crippen LogP contribution in [0.5, 0.6) is 0 Å². The molecule has 29 heavy (non-hydrogen) atoms. The fraction of sp³-hybridized carbons (Fsp3) is 0.211. The Bertz CT molecular complexity index is 1130. The van der Waals surface area contributed by atoms with Gasteiger partial charge in [0.25, 0.3) is 15.9 Å². The van der Waals surface area contributed by atoms with Crippen LogP contribution in [0.15, 0.2) is 51.7 Å². The third-order valence-corrected chi connectivity index (χ3v) is 7.30. The van der Waals surface area contributed by atoms with E-state index in [1.54, 1.807) is 55.1 Å². The van der Waals surface area contributed by atoms with Gasteiger partial charge in [0.05, 0.1) is 4.90 Å². The standard InChI is InChI=1S/C19H20N4O3S3/c1-4-27-19-22-21-18(28-19)20-17(24)14-7-9-15(10-8-14)23-29(25,26)16-11-12(2)5-6-13(16)3/h5-11,23H,4H2,1-3H3,(H,20,21,24). The first-order valence-electron chi connectivity index (χ1n) is 8.76. The van der Waals surface area contributed by atoms with Gasteiger partial charge in [-0.1, -0.05) is 42.2 Å². The van der Waals surface area contributed by atoms with E-state index in [9.17, 15) is 13.2 Å². The fourth-order valence-electron chi connectivity index (χ4n) is 2.51. The molecule has 152 valence electrons. The van der Waals surface area contributed by atoms with Gasteiger partial charge in [-0.2, -0.15) is 0 Å². The van der Waals surface area contributed by atoms with Crippen molar-refractivity contribution in [2.24, 2.45) is 0 Å². The average molecular weight is 449 g/mol. The number of thioether (sulfide) groups is 1. The number of aromatic nitrogens is 2. The van der Waals surface area contributed by atoms with E-state index >= 15 is 0 Å². The molecule has 3 rings (SSSR count). The second-order valence-corrected chi connectivity index (χ2v) is 10.4. The van der Waals surface area contributed by atoms with E-state index in [4.69, 9.17) is 0 Å². The zero-order chi connectivity index (χ0) is 21.0. The highest BCUT2D eigenvalue weighted by atomic mass is 32.2. The highest BCUT2D eigenvalue weighted by Gasteiger charge is 2.17. The van der Waals surface area contributed by atoms with Crippen molar-refractivity contribution >= 4 is 49.8 Å². The Kier molecular flexibility index (Phi) is 6.56. The van der Waals surface area contributed by atoms with Crippen molar-refractivity contribution in [3.05, 3.63) is 59.2 Å². The molecule has 3 aromatic rings. The minimum absolute atomic E-state index is 0.233. The maximum absolute atomic E-state index is 12.7. The summed E-state index contributed by atoms with van der Waals surface area (Å²) in [5, 5.41) is 11.0. The molecule has 0 atom stereocenters. The van der Waals surface area contributed by atoms with Crippen molar-refractivity contribution in [3.8, 4) is 0 Å². The zero-order valence-corrected chi connectivity index (χ0v) is 18.5. The first kappa shape index (κ1) is 21.3. The van der Waals surface area contributed by atoms with Gasteiger partial charge < -0.3 is 0 Å². The number of nitrogens with one attached hydrogen (secondary N) is 2. The van der Waals surface area contributed by atoms with Crippen LogP contribution in [0.25, 0.3) is 0 Å². The van der Waals surface area contributed by atoms with E-state index in [-0.39, 0.29) is 10.8 Å². The second kappa shape index (κ2) is 8.93. The number of aryl methyl sites for hydroxylation is 2. The van der Waals surface area contributed by atoms with E-state index in [0.29, 0.717) is 21.9 Å². The summed E-state index contributed by atoms with van der Waals surface area (Å²) < 4.78 is 28.7. The number of sulfonamides is 1. The molecule has 0 bridgehead atoms. The molecule has 10 heteroatoms. The summed E-state index contributed by atoms with van der Waals surface area (Å²) in [4.78, 5) is 12.6. The van der Waals surface area contributed by atoms with Crippen LogP contribution < -0.4 is 10.0 Å². The predicted molar refractivity (Wildman–Crippen MR) is 117 cm³/mol. The number of benzene rings is 2. The largest absolute Gasteiger partial charge is 0.296 e. The number of anilines is 2. The van der Waals surface area contributed by atoms with Crippen LogP contribution in [0, 0.1) is 13.8 Å². The number of hydrogen-bond acceptors (Lipinski definition) is 7. The third-order valence-electron chi connectivity index (χ3n) is 3.93. The van der Waals surface area contributed by atoms with Gasteiger partial charge in [0.1, 0.15) is 0 Å². The van der Waals surface area contributed by atoms with E-state index in [0.717, 1.165) is 15.7 Å². The van der Waals surface area contributed by atoms with Gasteiger partial charge in [-0.05, 0) is 61.1 Å². The highest BCUT2D eigenvalue weighted by Crippen LogP contribution is 2.25. The van der Waals surface area contributed by atoms with Crippen LogP contribution in [0.4, 0.5) is 10.8 Å². The molecule has 0 aliphatic rings. The molecule has 0 saturated carbocycles. The van der Waals surface area contributed by atoms with Gasteiger partial charge in [-0.25, -0.2) is 8.42 Å². The van der Waals surface area contributed by atoms with Crippen molar-refractivity contribution in [2.45, 2.75) is 30.0 Å². The SMILES string of the molecule is CCSc1nnc(NC(=O)c2ccc(NS(=O)(=O)c3cc(C)ccc3C)cc2)s1. The molecule has 0 fully saturated rings. The summed E-state index contributed by atoms with van der Waals surface area (Å²) in [6.07, 6.45) is 0. The smallest absolute Gasteiger partial charge is 0.262 e. The second-order valence-electron chi connectivity index (χ2n) is 6.21. The lowest BCUT2D eigenvalue weighted by Gasteiger charge is -2.11. The quantitative estimate of drug-likeness (QED) is 0.412. The number of amides is 1. The Morgan fingerprint density at radius 3 is 2.52 bits per heavy atom. The summed E-state index contributed by atoms with van der Waals surface area (Å²) >= 11 is 2.86. The summed E-state index contributed by atoms with van der Waals surface area (Å²) in [6.45, 7) is 5.60. The zero-order valence-electron chi connectivity index (χ0n) is 16.1. The molecule has 0 unspecified atom stereocenters. The van der Waals surface area contributed by atoms with Crippen molar-refractivity contribution in [3.63, 3.8) is 0 Å². The van der Waals surface area contributed by atoms with Crippen LogP contribution >= 0.6 is 23.1 Å². The monoisotopic (exact) mass is 448 g/mol. The summed E-state index contributed by atoms with van der Waals surface area (Å²) in [7, 11) is -3.72. The van der Waals surface area contributed by atoms with Gasteiger partial charge >= 0.3 is 0 Å². The van der Waals surface area contributed by atoms with Gasteiger partial charge in [-0.15, -0.1) is 10.2 Å². The van der Waals surface area contributed by atoms with Crippen molar-refractivity contribution < 1.29 is 13.2 Å². The highest BCUT2D eigenvalue weighted by molar-refractivity contribution is 8.01. The molecule has 0 spiro atoms. The Morgan fingerprint density at radius 1 is 1.10 bits per heavy atom. The Balaban J connectivity index is 1.70. The van der Waals surface area contributed by atoms with Crippen LogP contribution in [-0.4, -0.2) is 30.3 Å². The van der Waals surface area contributed by atoms with E-state index in [2.05, 4.69) is 20.2 Å². The van der Waals surface area contributed by atoms with Crippen LogP contribution in [0.1, 0.15) is 28.4 Å². The molecule has 0 radical (unpaired) electrons. The molecule has 1 aromatic heterocycles. The lowest BCUT2D eigenvalue weighted by Crippen LogP contribution is -2.15. The number of hydrogen-bond donors (Lipinski definition) is 2. The number of nitrogens with zero attached hydrogens (tertiary/aromatic N) is 2. The summed E-state index contributed by atoms with van der Waals surface area (Å²) in [6, 6.07) is 11.5. The van der Waals surface area contributed by atoms with Crippen molar-refractivity contribution in [1.82, 2.24) is 10.2 Å². The number of carbonyl (C=O) groups is 1. The molecular weight excluding hydrogens is 428 g/mol. The van der Waals surface area contributed by atoms with Gasteiger partial charge in [0, 0.05) is 11.3 Å². The molecule has 1 heterocycles. The lowest BCUT2D eigenvalue weighted by atomic mass is 10.2. The molecule has 0 aliphatic heterocycles. The molecule has 2 aromatic carbocycles. The molecule has 1 amide bonds. The van der Waals surface area contributed by atoms with Gasteiger partial charge in [-0.3, -0.25) is 14.8 Å². The van der Waals surface area contributed by atoms with Crippen molar-refractivity contribution in [2.75, 3.05) is 15.8 Å². The summed E-state index contributed by atoms with van der Waals surface area (Å²) in [5.41, 5.74) is 2.29. The minimum atomic E-state index is -3.72. The molecule has 0 aliphatic carbocycles. The molecular formula is C19H20N4O3S3. The maximum Gasteiger partial charge on any atom is 0.262 e. The molecule has 0 saturated heterocycles.